The zero-order valence-corrected chi connectivity index (χ0v) is 18.0. The number of amides is 1. The van der Waals surface area contributed by atoms with Gasteiger partial charge in [0.15, 0.2) is 0 Å². The van der Waals surface area contributed by atoms with Gasteiger partial charge in [-0.05, 0) is 49.6 Å². The summed E-state index contributed by atoms with van der Waals surface area (Å²) in [5.41, 5.74) is 11.6. The molecule has 2 unspecified atom stereocenters. The first-order valence-electron chi connectivity index (χ1n) is 9.89. The van der Waals surface area contributed by atoms with Gasteiger partial charge >= 0.3 is 0 Å². The van der Waals surface area contributed by atoms with E-state index in [2.05, 4.69) is 75.9 Å². The lowest BCUT2D eigenvalue weighted by molar-refractivity contribution is -0.133. The number of nitrogens with one attached hydrogen (secondary N) is 2. The predicted octanol–water partition coefficient (Wildman–Crippen LogP) is 3.32. The molecular weight excluding hydrogens is 416 g/mol. The number of piperazine rings is 1. The third kappa shape index (κ3) is 4.09. The smallest absolute Gasteiger partial charge is 0.241 e. The Balaban J connectivity index is 1.33. The molecule has 4 rings (SSSR count). The van der Waals surface area contributed by atoms with E-state index < -0.39 is 0 Å². The molecule has 5 nitrogen and oxygen atoms in total. The quantitative estimate of drug-likeness (QED) is 0.765. The van der Waals surface area contributed by atoms with Crippen LogP contribution in [0.15, 0.2) is 46.9 Å². The van der Waals surface area contributed by atoms with E-state index in [0.29, 0.717) is 0 Å². The highest BCUT2D eigenvalue weighted by molar-refractivity contribution is 9.10. The number of benzene rings is 2. The monoisotopic (exact) mass is 442 g/mol. The van der Waals surface area contributed by atoms with E-state index in [1.165, 1.54) is 22.4 Å². The summed E-state index contributed by atoms with van der Waals surface area (Å²) in [6.45, 7) is 7.59. The Labute approximate surface area is 175 Å². The summed E-state index contributed by atoms with van der Waals surface area (Å²) in [7, 11) is 0. The molecule has 0 saturated carbocycles. The van der Waals surface area contributed by atoms with Gasteiger partial charge in [0.25, 0.3) is 0 Å². The number of carbonyl (C=O) groups is 1. The van der Waals surface area contributed by atoms with Gasteiger partial charge in [0.2, 0.25) is 5.91 Å². The van der Waals surface area contributed by atoms with Gasteiger partial charge < -0.3 is 9.80 Å². The third-order valence-corrected chi connectivity index (χ3v) is 6.29. The number of aryl methyl sites for hydroxylation is 2. The van der Waals surface area contributed by atoms with Crippen molar-refractivity contribution in [2.24, 2.45) is 0 Å². The number of hydrazine groups is 1. The molecule has 0 bridgehead atoms. The Hall–Kier alpha value is -1.89. The maximum atomic E-state index is 13.0. The van der Waals surface area contributed by atoms with Crippen molar-refractivity contribution in [3.05, 3.63) is 63.6 Å². The molecule has 2 atom stereocenters. The van der Waals surface area contributed by atoms with Gasteiger partial charge in [-0.3, -0.25) is 4.79 Å². The Morgan fingerprint density at radius 3 is 2.39 bits per heavy atom. The van der Waals surface area contributed by atoms with Crippen LogP contribution in [0, 0.1) is 13.8 Å². The van der Waals surface area contributed by atoms with Gasteiger partial charge in [0.1, 0.15) is 6.04 Å². The molecule has 2 aliphatic heterocycles. The van der Waals surface area contributed by atoms with Crippen molar-refractivity contribution in [3.8, 4) is 0 Å². The molecule has 0 radical (unpaired) electrons. The maximum absolute atomic E-state index is 13.0. The summed E-state index contributed by atoms with van der Waals surface area (Å²) in [5, 5.41) is 0. The fourth-order valence-electron chi connectivity index (χ4n) is 4.18. The molecule has 0 aromatic heterocycles. The molecule has 0 spiro atoms. The number of nitrogens with zero attached hydrogens (tertiary/aromatic N) is 2. The normalized spacial score (nSPS) is 22.5. The third-order valence-electron chi connectivity index (χ3n) is 5.76. The van der Waals surface area contributed by atoms with Crippen LogP contribution in [0.25, 0.3) is 0 Å². The van der Waals surface area contributed by atoms with Crippen LogP contribution in [-0.4, -0.2) is 43.0 Å². The van der Waals surface area contributed by atoms with E-state index in [1.54, 1.807) is 0 Å². The molecule has 148 valence electrons. The van der Waals surface area contributed by atoms with Crippen molar-refractivity contribution >= 4 is 27.5 Å². The Morgan fingerprint density at radius 2 is 1.71 bits per heavy atom. The standard InChI is InChI=1S/C22H27BrN4O/c1-15-3-8-21(16(2)13-15)26-9-11-27(12-10-26)22(28)20-14-19(24-25-20)17-4-6-18(23)7-5-17/h3-8,13,19-20,24-25H,9-12,14H2,1-2H3. The lowest BCUT2D eigenvalue weighted by atomic mass is 10.0. The van der Waals surface area contributed by atoms with Crippen molar-refractivity contribution in [2.45, 2.75) is 32.4 Å². The van der Waals surface area contributed by atoms with Gasteiger partial charge in [-0.2, -0.15) is 0 Å². The second-order valence-corrected chi connectivity index (χ2v) is 8.70. The Morgan fingerprint density at radius 1 is 1.00 bits per heavy atom. The molecule has 2 aromatic carbocycles. The highest BCUT2D eigenvalue weighted by Crippen LogP contribution is 2.26. The van der Waals surface area contributed by atoms with Crippen LogP contribution in [0.1, 0.15) is 29.2 Å². The van der Waals surface area contributed by atoms with E-state index in [1.807, 2.05) is 17.0 Å². The lowest BCUT2D eigenvalue weighted by Gasteiger charge is -2.37. The Bertz CT molecular complexity index is 846. The van der Waals surface area contributed by atoms with Crippen molar-refractivity contribution in [3.63, 3.8) is 0 Å². The van der Waals surface area contributed by atoms with Gasteiger partial charge in [-0.1, -0.05) is 45.8 Å². The fraction of sp³-hybridized carbons (Fsp3) is 0.409. The summed E-state index contributed by atoms with van der Waals surface area (Å²) in [6.07, 6.45) is 0.776. The molecule has 2 heterocycles. The molecule has 0 aliphatic carbocycles. The van der Waals surface area contributed by atoms with E-state index in [4.69, 9.17) is 0 Å². The van der Waals surface area contributed by atoms with E-state index in [9.17, 15) is 4.79 Å². The highest BCUT2D eigenvalue weighted by atomic mass is 79.9. The number of anilines is 1. The Kier molecular flexibility index (Phi) is 5.71. The fourth-order valence-corrected chi connectivity index (χ4v) is 4.44. The minimum absolute atomic E-state index is 0.165. The average Bonchev–Trinajstić information content (AvgIpc) is 3.18. The summed E-state index contributed by atoms with van der Waals surface area (Å²) >= 11 is 3.47. The predicted molar refractivity (Wildman–Crippen MR) is 116 cm³/mol. The first-order valence-corrected chi connectivity index (χ1v) is 10.7. The molecule has 2 aliphatic rings. The zero-order chi connectivity index (χ0) is 19.7. The van der Waals surface area contributed by atoms with Crippen LogP contribution in [-0.2, 0) is 4.79 Å². The van der Waals surface area contributed by atoms with Gasteiger partial charge in [0.05, 0.1) is 0 Å². The maximum Gasteiger partial charge on any atom is 0.241 e. The molecular formula is C22H27BrN4O. The van der Waals surface area contributed by atoms with E-state index >= 15 is 0 Å². The number of rotatable bonds is 3. The van der Waals surface area contributed by atoms with E-state index in [0.717, 1.165) is 37.1 Å². The summed E-state index contributed by atoms with van der Waals surface area (Å²) in [5.74, 6) is 0.201. The topological polar surface area (TPSA) is 47.6 Å². The van der Waals surface area contributed by atoms with Crippen LogP contribution in [0.3, 0.4) is 0 Å². The lowest BCUT2D eigenvalue weighted by Crippen LogP contribution is -2.53. The average molecular weight is 443 g/mol. The molecule has 28 heavy (non-hydrogen) atoms. The van der Waals surface area contributed by atoms with Gasteiger partial charge in [-0.25, -0.2) is 10.9 Å². The first-order chi connectivity index (χ1) is 13.5. The minimum atomic E-state index is -0.165. The van der Waals surface area contributed by atoms with Crippen LogP contribution >= 0.6 is 15.9 Å². The first kappa shape index (κ1) is 19.4. The second kappa shape index (κ2) is 8.23. The van der Waals surface area contributed by atoms with Gasteiger partial charge in [0, 0.05) is 42.4 Å². The van der Waals surface area contributed by atoms with Crippen LogP contribution in [0.5, 0.6) is 0 Å². The molecule has 6 heteroatoms. The van der Waals surface area contributed by atoms with Crippen LogP contribution in [0.2, 0.25) is 0 Å². The van der Waals surface area contributed by atoms with E-state index in [-0.39, 0.29) is 18.0 Å². The number of carbonyl (C=O) groups excluding carboxylic acids is 1. The molecule has 2 saturated heterocycles. The zero-order valence-electron chi connectivity index (χ0n) is 16.4. The molecule has 2 N–H and O–H groups in total. The minimum Gasteiger partial charge on any atom is -0.368 e. The van der Waals surface area contributed by atoms with Crippen molar-refractivity contribution in [2.75, 3.05) is 31.1 Å². The largest absolute Gasteiger partial charge is 0.368 e. The number of halogens is 1. The van der Waals surface area contributed by atoms with Crippen molar-refractivity contribution in [1.82, 2.24) is 15.8 Å². The number of hydrogen-bond acceptors (Lipinski definition) is 4. The van der Waals surface area contributed by atoms with Crippen LogP contribution < -0.4 is 15.8 Å². The second-order valence-electron chi connectivity index (χ2n) is 7.78. The van der Waals surface area contributed by atoms with Gasteiger partial charge in [-0.15, -0.1) is 0 Å². The highest BCUT2D eigenvalue weighted by Gasteiger charge is 2.34. The SMILES string of the molecule is Cc1ccc(N2CCN(C(=O)C3CC(c4ccc(Br)cc4)NN3)CC2)c(C)c1. The molecule has 2 fully saturated rings. The molecule has 2 aromatic rings. The summed E-state index contributed by atoms with van der Waals surface area (Å²) in [4.78, 5) is 17.4. The van der Waals surface area contributed by atoms with Crippen molar-refractivity contribution in [1.29, 1.82) is 0 Å². The van der Waals surface area contributed by atoms with Crippen molar-refractivity contribution < 1.29 is 4.79 Å². The number of hydrogen-bond donors (Lipinski definition) is 2. The molecule has 1 amide bonds. The van der Waals surface area contributed by atoms with Crippen LogP contribution in [0.4, 0.5) is 5.69 Å². The summed E-state index contributed by atoms with van der Waals surface area (Å²) in [6, 6.07) is 14.9. The summed E-state index contributed by atoms with van der Waals surface area (Å²) < 4.78 is 1.07.